The number of fused-ring (bicyclic) bond motifs is 3. The summed E-state index contributed by atoms with van der Waals surface area (Å²) in [4.78, 5) is 36.3. The monoisotopic (exact) mass is 438 g/mol. The number of benzene rings is 2. The van der Waals surface area contributed by atoms with Crippen molar-refractivity contribution in [3.8, 4) is 11.1 Å². The van der Waals surface area contributed by atoms with Gasteiger partial charge in [0, 0.05) is 12.5 Å². The fraction of sp³-hybridized carbons (Fsp3) is 0.375. The highest BCUT2D eigenvalue weighted by Gasteiger charge is 2.36. The molecule has 1 saturated heterocycles. The highest BCUT2D eigenvalue weighted by atomic mass is 16.5. The average Bonchev–Trinajstić information content (AvgIpc) is 3.38. The van der Waals surface area contributed by atoms with E-state index in [0.717, 1.165) is 22.3 Å². The van der Waals surface area contributed by atoms with E-state index in [1.165, 1.54) is 0 Å². The Kier molecular flexibility index (Phi) is 6.41. The van der Waals surface area contributed by atoms with Gasteiger partial charge in [-0.05, 0) is 35.1 Å². The molecule has 2 aliphatic rings. The predicted octanol–water partition coefficient (Wildman–Crippen LogP) is 2.66. The van der Waals surface area contributed by atoms with E-state index in [1.54, 1.807) is 6.92 Å². The summed E-state index contributed by atoms with van der Waals surface area (Å²) in [5.41, 5.74) is 4.48. The van der Waals surface area contributed by atoms with E-state index in [0.29, 0.717) is 12.8 Å². The summed E-state index contributed by atoms with van der Waals surface area (Å²) in [5, 5.41) is 14.5. The Morgan fingerprint density at radius 2 is 1.72 bits per heavy atom. The normalized spacial score (nSPS) is 20.2. The number of hydrogen-bond donors (Lipinski definition) is 3. The van der Waals surface area contributed by atoms with Gasteiger partial charge in [0.2, 0.25) is 5.91 Å². The number of carboxylic acid groups (broad SMARTS) is 1. The Balaban J connectivity index is 1.36. The van der Waals surface area contributed by atoms with E-state index in [4.69, 9.17) is 9.47 Å². The van der Waals surface area contributed by atoms with Crippen molar-refractivity contribution >= 4 is 18.0 Å². The van der Waals surface area contributed by atoms with E-state index in [-0.39, 0.29) is 19.1 Å². The van der Waals surface area contributed by atoms with Crippen LogP contribution in [0.2, 0.25) is 0 Å². The molecular weight excluding hydrogens is 412 g/mol. The fourth-order valence-electron chi connectivity index (χ4n) is 4.40. The fourth-order valence-corrected chi connectivity index (χ4v) is 4.40. The van der Waals surface area contributed by atoms with Gasteiger partial charge >= 0.3 is 12.1 Å². The van der Waals surface area contributed by atoms with Gasteiger partial charge < -0.3 is 25.2 Å². The van der Waals surface area contributed by atoms with Crippen molar-refractivity contribution in [2.75, 3.05) is 13.2 Å². The molecule has 0 bridgehead atoms. The molecule has 0 spiro atoms. The highest BCUT2D eigenvalue weighted by molar-refractivity contribution is 5.86. The van der Waals surface area contributed by atoms with Crippen LogP contribution < -0.4 is 10.6 Å². The van der Waals surface area contributed by atoms with E-state index in [2.05, 4.69) is 22.8 Å². The molecule has 3 atom stereocenters. The maximum atomic E-state index is 12.6. The van der Waals surface area contributed by atoms with Gasteiger partial charge in [-0.2, -0.15) is 0 Å². The summed E-state index contributed by atoms with van der Waals surface area (Å²) in [6.45, 7) is 2.17. The Hall–Kier alpha value is -3.39. The molecule has 2 amide bonds. The third-order valence-corrected chi connectivity index (χ3v) is 6.02. The molecule has 0 unspecified atom stereocenters. The topological polar surface area (TPSA) is 114 Å². The van der Waals surface area contributed by atoms with Gasteiger partial charge in [0.15, 0.2) is 6.10 Å². The molecule has 0 saturated carbocycles. The maximum absolute atomic E-state index is 12.6. The van der Waals surface area contributed by atoms with Crippen molar-refractivity contribution in [1.82, 2.24) is 10.6 Å². The number of rotatable bonds is 7. The molecule has 0 aromatic heterocycles. The van der Waals surface area contributed by atoms with E-state index < -0.39 is 36.2 Å². The van der Waals surface area contributed by atoms with Gasteiger partial charge in [-0.25, -0.2) is 9.59 Å². The average molecular weight is 438 g/mol. The SMILES string of the molecule is CC[C@H](NC(=O)OCC1c2ccccc2-c2ccccc21)C(=O)N[C@H]1CCO[C@H]1C(=O)O. The Morgan fingerprint density at radius 1 is 1.09 bits per heavy atom. The van der Waals surface area contributed by atoms with E-state index >= 15 is 0 Å². The molecule has 1 heterocycles. The van der Waals surface area contributed by atoms with Gasteiger partial charge in [0.1, 0.15) is 12.6 Å². The molecule has 0 radical (unpaired) electrons. The van der Waals surface area contributed by atoms with Crippen LogP contribution in [0.25, 0.3) is 11.1 Å². The zero-order chi connectivity index (χ0) is 22.7. The third kappa shape index (κ3) is 4.31. The summed E-state index contributed by atoms with van der Waals surface area (Å²) in [6, 6.07) is 14.6. The number of carbonyl (C=O) groups is 3. The smallest absolute Gasteiger partial charge is 0.407 e. The lowest BCUT2D eigenvalue weighted by atomic mass is 9.98. The Labute approximate surface area is 185 Å². The molecule has 4 rings (SSSR count). The van der Waals surface area contributed by atoms with Crippen LogP contribution in [0.3, 0.4) is 0 Å². The standard InChI is InChI=1S/C24H26N2O6/c1-2-19(22(27)25-20-11-12-31-21(20)23(28)29)26-24(30)32-13-18-16-9-5-3-7-14(16)15-8-4-6-10-17(15)18/h3-10,18-21H,2,11-13H2,1H3,(H,25,27)(H,26,30)(H,28,29)/t19-,20-,21+/m0/s1. The molecule has 8 nitrogen and oxygen atoms in total. The highest BCUT2D eigenvalue weighted by Crippen LogP contribution is 2.44. The van der Waals surface area contributed by atoms with Crippen molar-refractivity contribution in [2.24, 2.45) is 0 Å². The zero-order valence-corrected chi connectivity index (χ0v) is 17.7. The van der Waals surface area contributed by atoms with Crippen LogP contribution in [0.1, 0.15) is 36.8 Å². The first-order valence-corrected chi connectivity index (χ1v) is 10.8. The van der Waals surface area contributed by atoms with Crippen LogP contribution in [-0.2, 0) is 19.1 Å². The number of ether oxygens (including phenoxy) is 2. The number of alkyl carbamates (subject to hydrolysis) is 1. The molecular formula is C24H26N2O6. The minimum Gasteiger partial charge on any atom is -0.479 e. The summed E-state index contributed by atoms with van der Waals surface area (Å²) < 4.78 is 10.7. The van der Waals surface area contributed by atoms with Crippen LogP contribution in [0.15, 0.2) is 48.5 Å². The second-order valence-corrected chi connectivity index (χ2v) is 7.96. The lowest BCUT2D eigenvalue weighted by Gasteiger charge is -2.22. The number of amides is 2. The molecule has 2 aromatic carbocycles. The van der Waals surface area contributed by atoms with Crippen LogP contribution in [-0.4, -0.2) is 54.5 Å². The Bertz CT molecular complexity index is 978. The van der Waals surface area contributed by atoms with Crippen molar-refractivity contribution in [2.45, 2.75) is 43.9 Å². The maximum Gasteiger partial charge on any atom is 0.407 e. The molecule has 2 aromatic rings. The largest absolute Gasteiger partial charge is 0.479 e. The van der Waals surface area contributed by atoms with Crippen LogP contribution >= 0.6 is 0 Å². The summed E-state index contributed by atoms with van der Waals surface area (Å²) in [6.07, 6.45) is -1.02. The van der Waals surface area contributed by atoms with Crippen molar-refractivity contribution < 1.29 is 29.0 Å². The number of aliphatic carboxylic acids is 1. The summed E-state index contributed by atoms with van der Waals surface area (Å²) in [7, 11) is 0. The van der Waals surface area contributed by atoms with Gasteiger partial charge in [0.25, 0.3) is 0 Å². The van der Waals surface area contributed by atoms with E-state index in [9.17, 15) is 19.5 Å². The first-order chi connectivity index (χ1) is 15.5. The lowest BCUT2D eigenvalue weighted by Crippen LogP contribution is -2.52. The number of carboxylic acids is 1. The van der Waals surface area contributed by atoms with Crippen molar-refractivity contribution in [1.29, 1.82) is 0 Å². The van der Waals surface area contributed by atoms with Crippen molar-refractivity contribution in [3.05, 3.63) is 59.7 Å². The van der Waals surface area contributed by atoms with E-state index in [1.807, 2.05) is 36.4 Å². The molecule has 1 aliphatic carbocycles. The summed E-state index contributed by atoms with van der Waals surface area (Å²) in [5.74, 6) is -1.65. The van der Waals surface area contributed by atoms with Crippen LogP contribution in [0.5, 0.6) is 0 Å². The molecule has 32 heavy (non-hydrogen) atoms. The van der Waals surface area contributed by atoms with Crippen LogP contribution in [0, 0.1) is 0 Å². The molecule has 8 heteroatoms. The molecule has 1 aliphatic heterocycles. The second kappa shape index (κ2) is 9.40. The second-order valence-electron chi connectivity index (χ2n) is 7.96. The quantitative estimate of drug-likeness (QED) is 0.612. The molecule has 1 fully saturated rings. The number of hydrogen-bond acceptors (Lipinski definition) is 5. The zero-order valence-electron chi connectivity index (χ0n) is 17.7. The predicted molar refractivity (Wildman–Crippen MR) is 116 cm³/mol. The lowest BCUT2D eigenvalue weighted by molar-refractivity contribution is -0.148. The molecule has 3 N–H and O–H groups in total. The van der Waals surface area contributed by atoms with Gasteiger partial charge in [-0.15, -0.1) is 0 Å². The third-order valence-electron chi connectivity index (χ3n) is 6.02. The minimum absolute atomic E-state index is 0.0750. The summed E-state index contributed by atoms with van der Waals surface area (Å²) >= 11 is 0. The Morgan fingerprint density at radius 3 is 2.31 bits per heavy atom. The number of nitrogens with one attached hydrogen (secondary N) is 2. The van der Waals surface area contributed by atoms with Crippen molar-refractivity contribution in [3.63, 3.8) is 0 Å². The van der Waals surface area contributed by atoms with Gasteiger partial charge in [0.05, 0.1) is 6.04 Å². The van der Waals surface area contributed by atoms with Crippen LogP contribution in [0.4, 0.5) is 4.79 Å². The number of carbonyl (C=O) groups excluding carboxylic acids is 2. The first-order valence-electron chi connectivity index (χ1n) is 10.8. The minimum atomic E-state index is -1.12. The molecule has 168 valence electrons. The first kappa shape index (κ1) is 21.8. The van der Waals surface area contributed by atoms with Gasteiger partial charge in [-0.3, -0.25) is 4.79 Å². The van der Waals surface area contributed by atoms with Gasteiger partial charge in [-0.1, -0.05) is 55.5 Å².